The van der Waals surface area contributed by atoms with E-state index in [1.165, 1.54) is 21.2 Å². The summed E-state index contributed by atoms with van der Waals surface area (Å²) in [4.78, 5) is 82.5. The number of esters is 1. The number of likely N-dealkylation sites (tertiary alicyclic amines) is 1. The number of aromatic nitrogens is 3. The second-order valence-electron chi connectivity index (χ2n) is 19.5. The lowest BCUT2D eigenvalue weighted by Crippen LogP contribution is -2.62. The molecule has 3 aliphatic heterocycles. The molecule has 7 rings (SSSR count). The van der Waals surface area contributed by atoms with Crippen LogP contribution in [0.2, 0.25) is 0 Å². The van der Waals surface area contributed by atoms with Crippen LogP contribution >= 0.6 is 11.3 Å². The third-order valence-corrected chi connectivity index (χ3v) is 14.5. The van der Waals surface area contributed by atoms with Crippen LogP contribution < -0.4 is 10.7 Å². The Labute approximate surface area is 398 Å². The molecule has 15 nitrogen and oxygen atoms in total. The van der Waals surface area contributed by atoms with Crippen molar-refractivity contribution in [2.24, 2.45) is 23.2 Å². The predicted molar refractivity (Wildman–Crippen MR) is 258 cm³/mol. The van der Waals surface area contributed by atoms with Crippen molar-refractivity contribution >= 4 is 51.8 Å². The Morgan fingerprint density at radius 2 is 1.93 bits per heavy atom. The molecule has 4 aromatic rings. The second kappa shape index (κ2) is 20.7. The topological polar surface area (TPSA) is 168 Å². The van der Waals surface area contributed by atoms with Crippen molar-refractivity contribution in [2.75, 3.05) is 40.4 Å². The van der Waals surface area contributed by atoms with Crippen LogP contribution in [0.5, 0.6) is 0 Å². The van der Waals surface area contributed by atoms with Gasteiger partial charge in [0.2, 0.25) is 11.8 Å². The SMILES string of the molecule is CC#CC(=O)N1C[C@@H](CC(=O)N(C)[C@H](C(=O)N[C@H]2Cc3nc(cs3)-c3ccc4c(c3)c(c(-c3cccnc3[C@H](C)OC)n4CC)CC(C)(C)COC(=O)[C@@H]3CCCN(N3)C2=O)C(C)C)[C@@H](C)C1. The van der Waals surface area contributed by atoms with E-state index in [2.05, 4.69) is 72.2 Å². The molecule has 3 aromatic heterocycles. The zero-order valence-corrected chi connectivity index (χ0v) is 41.4. The predicted octanol–water partition coefficient (Wildman–Crippen LogP) is 6.19. The van der Waals surface area contributed by atoms with Crippen LogP contribution in [-0.2, 0) is 52.8 Å². The molecule has 0 aliphatic carbocycles. The number of benzene rings is 1. The molecule has 358 valence electrons. The van der Waals surface area contributed by atoms with E-state index in [9.17, 15) is 24.0 Å². The second-order valence-corrected chi connectivity index (χ2v) is 20.4. The summed E-state index contributed by atoms with van der Waals surface area (Å²) >= 11 is 1.41. The van der Waals surface area contributed by atoms with Crippen LogP contribution in [-0.4, -0.2) is 117 Å². The number of thiazole rings is 1. The van der Waals surface area contributed by atoms with E-state index in [0.717, 1.165) is 44.7 Å². The number of rotatable bonds is 10. The minimum Gasteiger partial charge on any atom is -0.464 e. The smallest absolute Gasteiger partial charge is 0.324 e. The van der Waals surface area contributed by atoms with Gasteiger partial charge < -0.3 is 29.2 Å². The number of cyclic esters (lactones) is 1. The zero-order valence-electron chi connectivity index (χ0n) is 40.6. The molecule has 16 heteroatoms. The van der Waals surface area contributed by atoms with Crippen molar-refractivity contribution in [1.82, 2.24) is 40.1 Å². The summed E-state index contributed by atoms with van der Waals surface area (Å²) in [7, 11) is 3.30. The molecule has 2 N–H and O–H groups in total. The molecule has 0 saturated carbocycles. The van der Waals surface area contributed by atoms with Crippen LogP contribution in [0, 0.1) is 35.0 Å². The molecule has 67 heavy (non-hydrogen) atoms. The van der Waals surface area contributed by atoms with Crippen molar-refractivity contribution in [1.29, 1.82) is 0 Å². The van der Waals surface area contributed by atoms with Crippen LogP contribution in [0.15, 0.2) is 41.9 Å². The van der Waals surface area contributed by atoms with Gasteiger partial charge in [-0.1, -0.05) is 46.6 Å². The number of hydrogen-bond acceptors (Lipinski definition) is 11. The van der Waals surface area contributed by atoms with Gasteiger partial charge in [-0.05, 0) is 93.5 Å². The summed E-state index contributed by atoms with van der Waals surface area (Å²) in [5.41, 5.74) is 9.27. The number of carbonyl (C=O) groups excluding carboxylic acids is 5. The van der Waals surface area contributed by atoms with Gasteiger partial charge >= 0.3 is 5.97 Å². The Hall–Kier alpha value is -5.63. The van der Waals surface area contributed by atoms with E-state index in [1.54, 1.807) is 32.2 Å². The first-order chi connectivity index (χ1) is 31.9. The number of pyridine rings is 1. The van der Waals surface area contributed by atoms with Gasteiger partial charge in [-0.3, -0.25) is 34.0 Å². The van der Waals surface area contributed by atoms with E-state index in [4.69, 9.17) is 19.4 Å². The molecule has 1 aromatic carbocycles. The van der Waals surface area contributed by atoms with Gasteiger partial charge in [0.25, 0.3) is 11.8 Å². The van der Waals surface area contributed by atoms with Gasteiger partial charge in [-0.2, -0.15) is 0 Å². The molecule has 0 unspecified atom stereocenters. The van der Waals surface area contributed by atoms with Crippen LogP contribution in [0.4, 0.5) is 0 Å². The number of ether oxygens (including phenoxy) is 2. The van der Waals surface area contributed by atoms with Crippen molar-refractivity contribution in [3.8, 4) is 34.4 Å². The van der Waals surface area contributed by atoms with Crippen molar-refractivity contribution in [3.63, 3.8) is 0 Å². The Bertz CT molecular complexity index is 2570. The number of fused-ring (bicyclic) bond motifs is 6. The average molecular weight is 935 g/mol. The zero-order chi connectivity index (χ0) is 48.3. The van der Waals surface area contributed by atoms with E-state index >= 15 is 0 Å². The maximum Gasteiger partial charge on any atom is 0.324 e. The standard InChI is InChI=1S/C51H66N8O7S/c1-11-15-43(60)57-26-31(5)34(27-57)23-44(61)56(9)46(30(3)4)48(62)54-39-24-42-53-40(28-67-42)33-18-19-41-36(22-33)37(47(58(41)12-2)35-16-13-20-52-45(35)32(6)65-10)25-51(7,8)29-66-50(64)38-17-14-21-59(55-38)49(39)63/h13,16,18-20,22,28,30-32,34,38-39,46,55H,12,14,17,21,23-27,29H2,1-10H3,(H,54,62)/t31-,32-,34+,38-,39-,46-/m0/s1. The first-order valence-electron chi connectivity index (χ1n) is 23.5. The number of likely N-dealkylation sites (N-methyl/N-ethyl adjacent to an activating group) is 1. The largest absolute Gasteiger partial charge is 0.464 e. The number of hydrazine groups is 1. The van der Waals surface area contributed by atoms with Crippen molar-refractivity contribution in [2.45, 2.75) is 118 Å². The van der Waals surface area contributed by atoms with E-state index in [0.29, 0.717) is 50.4 Å². The van der Waals surface area contributed by atoms with Crippen molar-refractivity contribution in [3.05, 3.63) is 58.2 Å². The first kappa shape index (κ1) is 49.3. The minimum atomic E-state index is -1.08. The number of amides is 4. The fourth-order valence-electron chi connectivity index (χ4n) is 9.92. The van der Waals surface area contributed by atoms with E-state index in [1.807, 2.05) is 39.1 Å². The molecule has 4 amide bonds. The van der Waals surface area contributed by atoms with Gasteiger partial charge in [-0.25, -0.2) is 10.4 Å². The summed E-state index contributed by atoms with van der Waals surface area (Å²) < 4.78 is 14.2. The van der Waals surface area contributed by atoms with Crippen LogP contribution in [0.3, 0.4) is 0 Å². The first-order valence-corrected chi connectivity index (χ1v) is 24.4. The van der Waals surface area contributed by atoms with E-state index < -0.39 is 41.3 Å². The Balaban J connectivity index is 1.24. The maximum atomic E-state index is 14.7. The number of nitrogens with zero attached hydrogens (tertiary/aromatic N) is 6. The number of hydrogen-bond donors (Lipinski definition) is 2. The molecule has 3 aliphatic rings. The lowest BCUT2D eigenvalue weighted by atomic mass is 9.84. The molecule has 0 spiro atoms. The summed E-state index contributed by atoms with van der Waals surface area (Å²) in [5, 5.41) is 8.12. The molecule has 6 atom stereocenters. The monoisotopic (exact) mass is 934 g/mol. The Kier molecular flexibility index (Phi) is 15.2. The highest BCUT2D eigenvalue weighted by Crippen LogP contribution is 2.42. The minimum absolute atomic E-state index is 0.0767. The molecule has 6 bridgehead atoms. The molecular formula is C51H66N8O7S. The summed E-state index contributed by atoms with van der Waals surface area (Å²) in [6, 6.07) is 7.64. The quantitative estimate of drug-likeness (QED) is 0.138. The highest BCUT2D eigenvalue weighted by molar-refractivity contribution is 7.10. The van der Waals surface area contributed by atoms with Gasteiger partial charge in [0.1, 0.15) is 18.1 Å². The third-order valence-electron chi connectivity index (χ3n) is 13.6. The van der Waals surface area contributed by atoms with Gasteiger partial charge in [-0.15, -0.1) is 11.3 Å². The summed E-state index contributed by atoms with van der Waals surface area (Å²) in [6.07, 6.45) is 3.35. The molecular weight excluding hydrogens is 869 g/mol. The van der Waals surface area contributed by atoms with Crippen LogP contribution in [0.25, 0.3) is 33.4 Å². The molecule has 2 fully saturated rings. The molecule has 6 heterocycles. The highest BCUT2D eigenvalue weighted by atomic mass is 32.1. The van der Waals surface area contributed by atoms with E-state index in [-0.39, 0.29) is 55.1 Å². The number of carbonyl (C=O) groups is 5. The fourth-order valence-corrected chi connectivity index (χ4v) is 10.8. The van der Waals surface area contributed by atoms with Gasteiger partial charge in [0, 0.05) is 92.2 Å². The average Bonchev–Trinajstić information content (AvgIpc) is 4.02. The van der Waals surface area contributed by atoms with Crippen molar-refractivity contribution < 1.29 is 33.4 Å². The van der Waals surface area contributed by atoms with Gasteiger partial charge in [0.05, 0.1) is 34.8 Å². The maximum absolute atomic E-state index is 14.7. The lowest BCUT2D eigenvalue weighted by Gasteiger charge is -2.36. The molecule has 0 radical (unpaired) electrons. The normalized spacial score (nSPS) is 21.8. The highest BCUT2D eigenvalue weighted by Gasteiger charge is 2.40. The summed E-state index contributed by atoms with van der Waals surface area (Å²) in [6.45, 7) is 17.8. The fraction of sp³-hybridized carbons (Fsp3) is 0.549. The molecule has 2 saturated heterocycles. The number of methoxy groups -OCH3 is 1. The van der Waals surface area contributed by atoms with Gasteiger partial charge in [0.15, 0.2) is 0 Å². The number of nitrogens with one attached hydrogen (secondary N) is 2. The summed E-state index contributed by atoms with van der Waals surface area (Å²) in [5.74, 6) is 3.10. The lowest BCUT2D eigenvalue weighted by molar-refractivity contribution is -0.155. The van der Waals surface area contributed by atoms with Crippen LogP contribution in [0.1, 0.15) is 97.0 Å². The Morgan fingerprint density at radius 3 is 2.64 bits per heavy atom. The third kappa shape index (κ3) is 10.6. The number of aryl methyl sites for hydroxylation is 1. The Morgan fingerprint density at radius 1 is 1.15 bits per heavy atom.